The molecule has 20 heavy (non-hydrogen) atoms. The van der Waals surface area contributed by atoms with Crippen molar-refractivity contribution in [3.8, 4) is 5.88 Å². The Kier molecular flexibility index (Phi) is 3.61. The Balaban J connectivity index is 1.93. The van der Waals surface area contributed by atoms with Gasteiger partial charge in [0.15, 0.2) is 0 Å². The molecule has 0 bridgehead atoms. The first-order chi connectivity index (χ1) is 9.63. The monoisotopic (exact) mass is 275 g/mol. The molecule has 1 atom stereocenters. The Bertz CT molecular complexity index is 600. The molecule has 1 unspecified atom stereocenters. The van der Waals surface area contributed by atoms with Crippen LogP contribution in [0.4, 0.5) is 0 Å². The molecule has 0 N–H and O–H groups in total. The zero-order valence-electron chi connectivity index (χ0n) is 12.3. The van der Waals surface area contributed by atoms with Crippen molar-refractivity contribution in [3.05, 3.63) is 23.7 Å². The third kappa shape index (κ3) is 2.63. The molecular formula is C15H21N3O2. The van der Waals surface area contributed by atoms with Crippen LogP contribution >= 0.6 is 0 Å². The minimum atomic E-state index is 0.111. The van der Waals surface area contributed by atoms with Crippen LogP contribution in [0.5, 0.6) is 5.88 Å². The lowest BCUT2D eigenvalue weighted by Crippen LogP contribution is -2.11. The van der Waals surface area contributed by atoms with E-state index in [1.54, 1.807) is 0 Å². The van der Waals surface area contributed by atoms with Gasteiger partial charge < -0.3 is 9.47 Å². The molecule has 5 nitrogen and oxygen atoms in total. The third-order valence-electron chi connectivity index (χ3n) is 3.46. The number of hydrogen-bond acceptors (Lipinski definition) is 4. The van der Waals surface area contributed by atoms with Crippen LogP contribution in [0.1, 0.15) is 50.5 Å². The van der Waals surface area contributed by atoms with Crippen molar-refractivity contribution in [2.45, 2.75) is 52.2 Å². The van der Waals surface area contributed by atoms with Crippen molar-refractivity contribution < 1.29 is 9.47 Å². The fraction of sp³-hybridized carbons (Fsp3) is 0.600. The first-order valence-electron chi connectivity index (χ1n) is 7.28. The molecule has 108 valence electrons. The number of imidazole rings is 1. The van der Waals surface area contributed by atoms with E-state index < -0.39 is 0 Å². The molecular weight excluding hydrogens is 254 g/mol. The van der Waals surface area contributed by atoms with E-state index in [9.17, 15) is 0 Å². The van der Waals surface area contributed by atoms with Crippen LogP contribution in [-0.2, 0) is 4.74 Å². The number of aromatic nitrogens is 3. The van der Waals surface area contributed by atoms with Crippen molar-refractivity contribution in [3.63, 3.8) is 0 Å². The van der Waals surface area contributed by atoms with Crippen LogP contribution in [0.15, 0.2) is 12.4 Å². The van der Waals surface area contributed by atoms with E-state index in [-0.39, 0.29) is 12.2 Å². The average Bonchev–Trinajstić information content (AvgIpc) is 2.82. The molecule has 0 radical (unpaired) electrons. The van der Waals surface area contributed by atoms with Gasteiger partial charge in [-0.05, 0) is 40.0 Å². The Morgan fingerprint density at radius 2 is 2.15 bits per heavy atom. The van der Waals surface area contributed by atoms with E-state index >= 15 is 0 Å². The van der Waals surface area contributed by atoms with E-state index in [0.717, 1.165) is 30.7 Å². The van der Waals surface area contributed by atoms with Crippen LogP contribution in [0, 0.1) is 6.92 Å². The SMILES string of the molecule is Cc1cn2cc(C3CCCCO3)nc2nc1OC(C)C. The minimum Gasteiger partial charge on any atom is -0.475 e. The summed E-state index contributed by atoms with van der Waals surface area (Å²) in [6.07, 6.45) is 7.64. The van der Waals surface area contributed by atoms with E-state index in [4.69, 9.17) is 9.47 Å². The highest BCUT2D eigenvalue weighted by Crippen LogP contribution is 2.27. The smallest absolute Gasteiger partial charge is 0.237 e. The lowest BCUT2D eigenvalue weighted by molar-refractivity contribution is 0.0126. The molecule has 0 amide bonds. The Morgan fingerprint density at radius 3 is 2.85 bits per heavy atom. The molecule has 3 heterocycles. The van der Waals surface area contributed by atoms with Gasteiger partial charge >= 0.3 is 0 Å². The van der Waals surface area contributed by atoms with Gasteiger partial charge in [-0.2, -0.15) is 4.98 Å². The molecule has 1 aliphatic rings. The maximum Gasteiger partial charge on any atom is 0.237 e. The first kappa shape index (κ1) is 13.4. The summed E-state index contributed by atoms with van der Waals surface area (Å²) in [4.78, 5) is 9.10. The van der Waals surface area contributed by atoms with Gasteiger partial charge in [0.2, 0.25) is 11.7 Å². The maximum absolute atomic E-state index is 5.78. The van der Waals surface area contributed by atoms with Crippen molar-refractivity contribution in [2.75, 3.05) is 6.61 Å². The number of aryl methyl sites for hydroxylation is 1. The number of nitrogens with zero attached hydrogens (tertiary/aromatic N) is 3. The van der Waals surface area contributed by atoms with Gasteiger partial charge in [-0.25, -0.2) is 4.98 Å². The fourth-order valence-electron chi connectivity index (χ4n) is 2.49. The molecule has 3 rings (SSSR count). The second-order valence-corrected chi connectivity index (χ2v) is 5.62. The molecule has 0 spiro atoms. The number of fused-ring (bicyclic) bond motifs is 1. The molecule has 1 saturated heterocycles. The summed E-state index contributed by atoms with van der Waals surface area (Å²) in [6, 6.07) is 0. The van der Waals surface area contributed by atoms with Crippen LogP contribution in [0.2, 0.25) is 0 Å². The van der Waals surface area contributed by atoms with Gasteiger partial charge in [0.1, 0.15) is 6.10 Å². The van der Waals surface area contributed by atoms with Gasteiger partial charge in [0.25, 0.3) is 0 Å². The van der Waals surface area contributed by atoms with Gasteiger partial charge in [-0.15, -0.1) is 0 Å². The summed E-state index contributed by atoms with van der Waals surface area (Å²) < 4.78 is 13.5. The molecule has 0 aromatic carbocycles. The van der Waals surface area contributed by atoms with Crippen LogP contribution in [0.3, 0.4) is 0 Å². The molecule has 5 heteroatoms. The van der Waals surface area contributed by atoms with Crippen molar-refractivity contribution >= 4 is 5.78 Å². The average molecular weight is 275 g/mol. The lowest BCUT2D eigenvalue weighted by Gasteiger charge is -2.20. The second kappa shape index (κ2) is 5.40. The maximum atomic E-state index is 5.78. The summed E-state index contributed by atoms with van der Waals surface area (Å²) in [7, 11) is 0. The predicted molar refractivity (Wildman–Crippen MR) is 76.0 cm³/mol. The summed E-state index contributed by atoms with van der Waals surface area (Å²) in [5, 5.41) is 0. The van der Waals surface area contributed by atoms with Crippen molar-refractivity contribution in [1.82, 2.24) is 14.4 Å². The highest BCUT2D eigenvalue weighted by atomic mass is 16.5. The Hall–Kier alpha value is -1.62. The zero-order chi connectivity index (χ0) is 14.1. The number of rotatable bonds is 3. The summed E-state index contributed by atoms with van der Waals surface area (Å²) in [6.45, 7) is 6.82. The molecule has 2 aromatic rings. The molecule has 2 aromatic heterocycles. The normalized spacial score (nSPS) is 19.7. The van der Waals surface area contributed by atoms with Crippen molar-refractivity contribution in [1.29, 1.82) is 0 Å². The summed E-state index contributed by atoms with van der Waals surface area (Å²) >= 11 is 0. The highest BCUT2D eigenvalue weighted by Gasteiger charge is 2.20. The third-order valence-corrected chi connectivity index (χ3v) is 3.46. The Morgan fingerprint density at radius 1 is 1.30 bits per heavy atom. The molecule has 0 aliphatic carbocycles. The largest absolute Gasteiger partial charge is 0.475 e. The fourth-order valence-corrected chi connectivity index (χ4v) is 2.49. The van der Waals surface area contributed by atoms with Gasteiger partial charge in [0.05, 0.1) is 11.8 Å². The topological polar surface area (TPSA) is 48.7 Å². The molecule has 1 aliphatic heterocycles. The molecule has 1 fully saturated rings. The lowest BCUT2D eigenvalue weighted by atomic mass is 10.1. The second-order valence-electron chi connectivity index (χ2n) is 5.62. The van der Waals surface area contributed by atoms with E-state index in [1.807, 2.05) is 37.6 Å². The highest BCUT2D eigenvalue weighted by molar-refractivity contribution is 5.38. The standard InChI is InChI=1S/C15H21N3O2/c1-10(2)20-14-11(3)8-18-9-12(16-15(18)17-14)13-6-4-5-7-19-13/h8-10,13H,4-7H2,1-3H3. The zero-order valence-corrected chi connectivity index (χ0v) is 12.3. The Labute approximate surface area is 118 Å². The number of hydrogen-bond donors (Lipinski definition) is 0. The van der Waals surface area contributed by atoms with Gasteiger partial charge in [-0.1, -0.05) is 0 Å². The van der Waals surface area contributed by atoms with E-state index in [1.165, 1.54) is 6.42 Å². The molecule has 0 saturated carbocycles. The van der Waals surface area contributed by atoms with E-state index in [2.05, 4.69) is 9.97 Å². The van der Waals surface area contributed by atoms with Crippen LogP contribution in [-0.4, -0.2) is 27.1 Å². The van der Waals surface area contributed by atoms with E-state index in [0.29, 0.717) is 11.7 Å². The van der Waals surface area contributed by atoms with Crippen LogP contribution < -0.4 is 4.74 Å². The van der Waals surface area contributed by atoms with Crippen molar-refractivity contribution in [2.24, 2.45) is 0 Å². The minimum absolute atomic E-state index is 0.111. The summed E-state index contributed by atoms with van der Waals surface area (Å²) in [5.74, 6) is 1.34. The predicted octanol–water partition coefficient (Wildman–Crippen LogP) is 3.07. The summed E-state index contributed by atoms with van der Waals surface area (Å²) in [5.41, 5.74) is 1.98. The van der Waals surface area contributed by atoms with Gasteiger partial charge in [-0.3, -0.25) is 4.40 Å². The first-order valence-corrected chi connectivity index (χ1v) is 7.28. The number of ether oxygens (including phenoxy) is 2. The van der Waals surface area contributed by atoms with Crippen LogP contribution in [0.25, 0.3) is 5.78 Å². The van der Waals surface area contributed by atoms with Gasteiger partial charge in [0, 0.05) is 24.6 Å². The quantitative estimate of drug-likeness (QED) is 0.863.